The molecule has 136 valence electrons. The SMILES string of the molecule is CCCCC=CCCCC(OCO)(OCO)c1cccc(O)c1O. The zero-order valence-corrected chi connectivity index (χ0v) is 14.1. The van der Waals surface area contributed by atoms with Gasteiger partial charge in [-0.1, -0.05) is 38.0 Å². The lowest BCUT2D eigenvalue weighted by Gasteiger charge is -2.33. The van der Waals surface area contributed by atoms with Crippen LogP contribution in [0.25, 0.3) is 0 Å². The molecule has 6 heteroatoms. The Hall–Kier alpha value is -1.60. The molecule has 24 heavy (non-hydrogen) atoms. The van der Waals surface area contributed by atoms with E-state index in [1.165, 1.54) is 18.2 Å². The molecule has 0 heterocycles. The van der Waals surface area contributed by atoms with Gasteiger partial charge < -0.3 is 29.9 Å². The van der Waals surface area contributed by atoms with Gasteiger partial charge in [0, 0.05) is 6.42 Å². The number of phenols is 2. The molecule has 0 aliphatic heterocycles. The van der Waals surface area contributed by atoms with E-state index in [2.05, 4.69) is 19.1 Å². The summed E-state index contributed by atoms with van der Waals surface area (Å²) in [5.41, 5.74) is 0.167. The predicted molar refractivity (Wildman–Crippen MR) is 90.3 cm³/mol. The van der Waals surface area contributed by atoms with E-state index in [1.54, 1.807) is 0 Å². The van der Waals surface area contributed by atoms with Crippen LogP contribution in [0.15, 0.2) is 30.4 Å². The molecule has 0 saturated carbocycles. The fraction of sp³-hybridized carbons (Fsp3) is 0.556. The molecule has 0 aliphatic carbocycles. The normalized spacial score (nSPS) is 12.1. The van der Waals surface area contributed by atoms with E-state index in [0.29, 0.717) is 12.8 Å². The van der Waals surface area contributed by atoms with Crippen LogP contribution in [-0.4, -0.2) is 34.0 Å². The molecule has 1 aromatic rings. The topological polar surface area (TPSA) is 99.4 Å². The van der Waals surface area contributed by atoms with Gasteiger partial charge in [0.2, 0.25) is 5.79 Å². The number of allylic oxidation sites excluding steroid dienone is 2. The van der Waals surface area contributed by atoms with Gasteiger partial charge in [0.15, 0.2) is 11.5 Å². The quantitative estimate of drug-likeness (QED) is 0.202. The second-order valence-corrected chi connectivity index (χ2v) is 5.48. The number of unbranched alkanes of at least 4 members (excludes halogenated alkanes) is 3. The van der Waals surface area contributed by atoms with Crippen LogP contribution in [0.2, 0.25) is 0 Å². The van der Waals surface area contributed by atoms with Crippen molar-refractivity contribution in [2.24, 2.45) is 0 Å². The summed E-state index contributed by atoms with van der Waals surface area (Å²) in [5.74, 6) is -2.24. The molecule has 1 aromatic carbocycles. The Labute approximate surface area is 143 Å². The van der Waals surface area contributed by atoms with Crippen molar-refractivity contribution >= 4 is 0 Å². The second-order valence-electron chi connectivity index (χ2n) is 5.48. The largest absolute Gasteiger partial charge is 0.504 e. The minimum atomic E-state index is -1.52. The molecule has 0 spiro atoms. The van der Waals surface area contributed by atoms with Gasteiger partial charge in [-0.3, -0.25) is 0 Å². The molecule has 0 amide bonds. The number of ether oxygens (including phenoxy) is 2. The zero-order chi connectivity index (χ0) is 17.8. The van der Waals surface area contributed by atoms with E-state index < -0.39 is 25.1 Å². The Balaban J connectivity index is 2.86. The van der Waals surface area contributed by atoms with Crippen LogP contribution < -0.4 is 0 Å². The van der Waals surface area contributed by atoms with Gasteiger partial charge in [0.25, 0.3) is 0 Å². The van der Waals surface area contributed by atoms with Gasteiger partial charge in [0.1, 0.15) is 13.6 Å². The number of benzene rings is 1. The van der Waals surface area contributed by atoms with Crippen LogP contribution >= 0.6 is 0 Å². The zero-order valence-electron chi connectivity index (χ0n) is 14.1. The summed E-state index contributed by atoms with van der Waals surface area (Å²) in [6.07, 6.45) is 9.25. The smallest absolute Gasteiger partial charge is 0.203 e. The number of hydrogen-bond donors (Lipinski definition) is 4. The van der Waals surface area contributed by atoms with Crippen molar-refractivity contribution in [1.82, 2.24) is 0 Å². The third-order valence-electron chi connectivity index (χ3n) is 3.79. The van der Waals surface area contributed by atoms with E-state index in [-0.39, 0.29) is 11.3 Å². The van der Waals surface area contributed by atoms with Crippen LogP contribution in [0.5, 0.6) is 11.5 Å². The molecule has 0 bridgehead atoms. The molecule has 1 rings (SSSR count). The van der Waals surface area contributed by atoms with Gasteiger partial charge in [0.05, 0.1) is 5.56 Å². The first kappa shape index (κ1) is 20.4. The van der Waals surface area contributed by atoms with E-state index in [9.17, 15) is 20.4 Å². The molecule has 0 aliphatic rings. The van der Waals surface area contributed by atoms with Crippen molar-refractivity contribution in [3.05, 3.63) is 35.9 Å². The number of aliphatic hydroxyl groups is 2. The van der Waals surface area contributed by atoms with E-state index in [4.69, 9.17) is 9.47 Å². The molecule has 0 atom stereocenters. The Morgan fingerprint density at radius 3 is 2.21 bits per heavy atom. The molecule has 0 fully saturated rings. The summed E-state index contributed by atoms with van der Waals surface area (Å²) < 4.78 is 10.6. The van der Waals surface area contributed by atoms with Crippen molar-refractivity contribution in [2.45, 2.75) is 51.2 Å². The number of phenolic OH excluding ortho intramolecular Hbond substituents is 2. The Kier molecular flexibility index (Phi) is 9.41. The van der Waals surface area contributed by atoms with Crippen molar-refractivity contribution in [3.8, 4) is 11.5 Å². The Morgan fingerprint density at radius 2 is 1.62 bits per heavy atom. The molecule has 0 aromatic heterocycles. The molecular formula is C18H28O6. The highest BCUT2D eigenvalue weighted by Gasteiger charge is 2.37. The summed E-state index contributed by atoms with van der Waals surface area (Å²) in [7, 11) is 0. The number of hydrogen-bond acceptors (Lipinski definition) is 6. The fourth-order valence-electron chi connectivity index (χ4n) is 2.53. The van der Waals surface area contributed by atoms with Crippen molar-refractivity contribution in [3.63, 3.8) is 0 Å². The number of rotatable bonds is 12. The minimum absolute atomic E-state index is 0.167. The first-order chi connectivity index (χ1) is 11.6. The number of aromatic hydroxyl groups is 2. The standard InChI is InChI=1S/C18H28O6/c1-2-3-4-5-6-7-8-12-18(23-13-19,24-14-20)15-10-9-11-16(21)17(15)22/h5-6,9-11,19-22H,2-4,7-8,12-14H2,1H3. The fourth-order valence-corrected chi connectivity index (χ4v) is 2.53. The lowest BCUT2D eigenvalue weighted by atomic mass is 9.97. The summed E-state index contributed by atoms with van der Waals surface area (Å²) in [4.78, 5) is 0. The molecule has 4 N–H and O–H groups in total. The van der Waals surface area contributed by atoms with E-state index >= 15 is 0 Å². The summed E-state index contributed by atoms with van der Waals surface area (Å²) >= 11 is 0. The van der Waals surface area contributed by atoms with Crippen LogP contribution in [0, 0.1) is 0 Å². The highest BCUT2D eigenvalue weighted by atomic mass is 16.8. The van der Waals surface area contributed by atoms with Crippen LogP contribution in [0.3, 0.4) is 0 Å². The highest BCUT2D eigenvalue weighted by Crippen LogP contribution is 2.41. The van der Waals surface area contributed by atoms with E-state index in [0.717, 1.165) is 25.7 Å². The minimum Gasteiger partial charge on any atom is -0.504 e. The maximum Gasteiger partial charge on any atom is 0.203 e. The third-order valence-corrected chi connectivity index (χ3v) is 3.79. The maximum absolute atomic E-state index is 10.1. The average molecular weight is 340 g/mol. The van der Waals surface area contributed by atoms with Crippen molar-refractivity contribution < 1.29 is 29.9 Å². The summed E-state index contributed by atoms with van der Waals surface area (Å²) in [6.45, 7) is 0.839. The first-order valence-electron chi connectivity index (χ1n) is 8.27. The van der Waals surface area contributed by atoms with Gasteiger partial charge >= 0.3 is 0 Å². The van der Waals surface area contributed by atoms with Crippen LogP contribution in [0.1, 0.15) is 51.0 Å². The molecule has 0 saturated heterocycles. The average Bonchev–Trinajstić information content (AvgIpc) is 2.57. The number of para-hydroxylation sites is 1. The van der Waals surface area contributed by atoms with Gasteiger partial charge in [-0.05, 0) is 31.4 Å². The maximum atomic E-state index is 10.1. The molecule has 6 nitrogen and oxygen atoms in total. The molecular weight excluding hydrogens is 312 g/mol. The Morgan fingerprint density at radius 1 is 1.00 bits per heavy atom. The molecule has 0 radical (unpaired) electrons. The van der Waals surface area contributed by atoms with Gasteiger partial charge in [-0.15, -0.1) is 0 Å². The summed E-state index contributed by atoms with van der Waals surface area (Å²) in [6, 6.07) is 4.39. The first-order valence-corrected chi connectivity index (χ1v) is 8.27. The van der Waals surface area contributed by atoms with E-state index in [1.807, 2.05) is 0 Å². The third kappa shape index (κ3) is 5.79. The molecule has 0 unspecified atom stereocenters. The Bertz CT molecular complexity index is 494. The highest BCUT2D eigenvalue weighted by molar-refractivity contribution is 5.46. The summed E-state index contributed by atoms with van der Waals surface area (Å²) in [5, 5.41) is 38.2. The van der Waals surface area contributed by atoms with Crippen molar-refractivity contribution in [1.29, 1.82) is 0 Å². The second kappa shape index (κ2) is 11.0. The lowest BCUT2D eigenvalue weighted by Crippen LogP contribution is -2.34. The van der Waals surface area contributed by atoms with Gasteiger partial charge in [-0.2, -0.15) is 0 Å². The van der Waals surface area contributed by atoms with Gasteiger partial charge in [-0.25, -0.2) is 0 Å². The predicted octanol–water partition coefficient (Wildman–Crippen LogP) is 3.10. The number of aliphatic hydroxyl groups excluding tert-OH is 2. The van der Waals surface area contributed by atoms with Crippen LogP contribution in [0.4, 0.5) is 0 Å². The van der Waals surface area contributed by atoms with Crippen molar-refractivity contribution in [2.75, 3.05) is 13.6 Å². The monoisotopic (exact) mass is 340 g/mol. The lowest BCUT2D eigenvalue weighted by molar-refractivity contribution is -0.300. The van der Waals surface area contributed by atoms with Crippen LogP contribution in [-0.2, 0) is 15.3 Å².